The molecule has 110 valence electrons. The molecule has 21 heavy (non-hydrogen) atoms. The van der Waals surface area contributed by atoms with E-state index in [0.717, 1.165) is 24.2 Å². The van der Waals surface area contributed by atoms with Crippen LogP contribution in [-0.2, 0) is 0 Å². The third kappa shape index (κ3) is 2.48. The Morgan fingerprint density at radius 1 is 0.667 bits per heavy atom. The minimum Gasteiger partial charge on any atom is -0.504 e. The highest BCUT2D eigenvalue weighted by molar-refractivity contribution is 5.46. The summed E-state index contributed by atoms with van der Waals surface area (Å²) in [7, 11) is 0. The van der Waals surface area contributed by atoms with Crippen LogP contribution >= 0.6 is 0 Å². The number of rotatable bonds is 2. The van der Waals surface area contributed by atoms with Gasteiger partial charge in [-0.25, -0.2) is 0 Å². The fourth-order valence-corrected chi connectivity index (χ4v) is 2.92. The second-order valence-electron chi connectivity index (χ2n) is 5.37. The van der Waals surface area contributed by atoms with E-state index in [4.69, 9.17) is 0 Å². The van der Waals surface area contributed by atoms with Crippen molar-refractivity contribution in [2.75, 3.05) is 13.1 Å². The van der Waals surface area contributed by atoms with Crippen LogP contribution in [0.2, 0.25) is 0 Å². The maximum Gasteiger partial charge on any atom is 0.157 e. The molecule has 0 spiro atoms. The lowest BCUT2D eigenvalue weighted by Gasteiger charge is -2.20. The van der Waals surface area contributed by atoms with Gasteiger partial charge in [0.2, 0.25) is 0 Å². The highest BCUT2D eigenvalue weighted by atomic mass is 16.3. The van der Waals surface area contributed by atoms with Crippen LogP contribution in [0.3, 0.4) is 0 Å². The smallest absolute Gasteiger partial charge is 0.157 e. The van der Waals surface area contributed by atoms with Gasteiger partial charge in [-0.2, -0.15) is 0 Å². The van der Waals surface area contributed by atoms with Crippen LogP contribution in [0.25, 0.3) is 0 Å². The van der Waals surface area contributed by atoms with Gasteiger partial charge in [0.05, 0.1) is 0 Å². The zero-order valence-electron chi connectivity index (χ0n) is 11.3. The molecule has 0 saturated carbocycles. The molecule has 0 radical (unpaired) electrons. The summed E-state index contributed by atoms with van der Waals surface area (Å²) in [4.78, 5) is 0. The predicted octanol–water partition coefficient (Wildman–Crippen LogP) is 1.98. The molecule has 1 saturated heterocycles. The van der Waals surface area contributed by atoms with E-state index in [1.54, 1.807) is 24.3 Å². The van der Waals surface area contributed by atoms with Crippen molar-refractivity contribution in [3.8, 4) is 23.0 Å². The van der Waals surface area contributed by atoms with E-state index in [1.165, 1.54) is 12.1 Å². The quantitative estimate of drug-likeness (QED) is 0.545. The van der Waals surface area contributed by atoms with Gasteiger partial charge in [-0.05, 0) is 35.4 Å². The molecule has 0 aromatic heterocycles. The molecule has 1 aliphatic heterocycles. The Morgan fingerprint density at radius 2 is 1.10 bits per heavy atom. The zero-order chi connectivity index (χ0) is 15.0. The average Bonchev–Trinajstić information content (AvgIpc) is 2.94. The first-order valence-electron chi connectivity index (χ1n) is 6.80. The molecule has 1 heterocycles. The lowest BCUT2D eigenvalue weighted by atomic mass is 9.84. The van der Waals surface area contributed by atoms with Gasteiger partial charge in [0.1, 0.15) is 0 Å². The van der Waals surface area contributed by atoms with E-state index in [0.29, 0.717) is 0 Å². The van der Waals surface area contributed by atoms with Crippen molar-refractivity contribution in [1.29, 1.82) is 0 Å². The number of phenolic OH excluding ortho intramolecular Hbond substituents is 4. The maximum absolute atomic E-state index is 9.65. The standard InChI is InChI=1S/C16H17NO4/c18-13-3-1-9(5-15(13)20)11-7-17-8-12(11)10-2-4-14(19)16(21)6-10/h1-6,11-12,17-21H,7-8H2. The summed E-state index contributed by atoms with van der Waals surface area (Å²) >= 11 is 0. The van der Waals surface area contributed by atoms with Crippen LogP contribution in [0.5, 0.6) is 23.0 Å². The number of hydrogen-bond donors (Lipinski definition) is 5. The fraction of sp³-hybridized carbons (Fsp3) is 0.250. The minimum absolute atomic E-state index is 0.125. The van der Waals surface area contributed by atoms with E-state index >= 15 is 0 Å². The highest BCUT2D eigenvalue weighted by Crippen LogP contribution is 2.40. The molecular weight excluding hydrogens is 270 g/mol. The average molecular weight is 287 g/mol. The highest BCUT2D eigenvalue weighted by Gasteiger charge is 2.30. The van der Waals surface area contributed by atoms with Crippen molar-refractivity contribution in [1.82, 2.24) is 5.32 Å². The first kappa shape index (κ1) is 13.6. The lowest BCUT2D eigenvalue weighted by molar-refractivity contribution is 0.401. The van der Waals surface area contributed by atoms with Crippen molar-refractivity contribution in [2.24, 2.45) is 0 Å². The molecule has 2 unspecified atom stereocenters. The SMILES string of the molecule is Oc1ccc(C2CNCC2c2ccc(O)c(O)c2)cc1O. The van der Waals surface area contributed by atoms with Crippen molar-refractivity contribution in [3.05, 3.63) is 47.5 Å². The topological polar surface area (TPSA) is 93.0 Å². The molecule has 2 aromatic carbocycles. The molecule has 3 rings (SSSR count). The summed E-state index contributed by atoms with van der Waals surface area (Å²) in [5.74, 6) is -0.286. The number of phenols is 4. The van der Waals surface area contributed by atoms with E-state index in [9.17, 15) is 20.4 Å². The largest absolute Gasteiger partial charge is 0.504 e. The van der Waals surface area contributed by atoms with Crippen LogP contribution in [0, 0.1) is 0 Å². The number of benzene rings is 2. The second kappa shape index (κ2) is 5.18. The third-order valence-corrected chi connectivity index (χ3v) is 4.07. The molecule has 2 atom stereocenters. The Balaban J connectivity index is 1.94. The fourth-order valence-electron chi connectivity index (χ4n) is 2.92. The molecule has 2 aromatic rings. The number of nitrogens with one attached hydrogen (secondary N) is 1. The first-order valence-corrected chi connectivity index (χ1v) is 6.80. The summed E-state index contributed by atoms with van der Waals surface area (Å²) in [6.07, 6.45) is 0. The zero-order valence-corrected chi connectivity index (χ0v) is 11.3. The molecule has 1 fully saturated rings. The Morgan fingerprint density at radius 3 is 1.48 bits per heavy atom. The number of aromatic hydroxyl groups is 4. The van der Waals surface area contributed by atoms with E-state index in [1.807, 2.05) is 0 Å². The van der Waals surface area contributed by atoms with Crippen LogP contribution < -0.4 is 5.32 Å². The van der Waals surface area contributed by atoms with Gasteiger partial charge in [0.15, 0.2) is 23.0 Å². The summed E-state index contributed by atoms with van der Waals surface area (Å²) in [6.45, 7) is 1.49. The Kier molecular flexibility index (Phi) is 3.35. The molecule has 5 N–H and O–H groups in total. The van der Waals surface area contributed by atoms with Crippen LogP contribution in [0.15, 0.2) is 36.4 Å². The van der Waals surface area contributed by atoms with Crippen molar-refractivity contribution < 1.29 is 20.4 Å². The number of hydrogen-bond acceptors (Lipinski definition) is 5. The Bertz CT molecular complexity index is 614. The minimum atomic E-state index is -0.136. The van der Waals surface area contributed by atoms with E-state index in [2.05, 4.69) is 5.32 Å². The normalized spacial score (nSPS) is 21.5. The first-order chi connectivity index (χ1) is 10.1. The van der Waals surface area contributed by atoms with Gasteiger partial charge in [0.25, 0.3) is 0 Å². The summed E-state index contributed by atoms with van der Waals surface area (Å²) in [5, 5.41) is 41.4. The van der Waals surface area contributed by atoms with Gasteiger partial charge >= 0.3 is 0 Å². The molecule has 5 nitrogen and oxygen atoms in total. The van der Waals surface area contributed by atoms with Crippen molar-refractivity contribution in [2.45, 2.75) is 11.8 Å². The summed E-state index contributed by atoms with van der Waals surface area (Å²) < 4.78 is 0. The van der Waals surface area contributed by atoms with E-state index < -0.39 is 0 Å². The van der Waals surface area contributed by atoms with Crippen molar-refractivity contribution >= 4 is 0 Å². The molecule has 1 aliphatic rings. The van der Waals surface area contributed by atoms with Crippen LogP contribution in [-0.4, -0.2) is 33.5 Å². The molecule has 0 aliphatic carbocycles. The van der Waals surface area contributed by atoms with Gasteiger partial charge in [-0.15, -0.1) is 0 Å². The van der Waals surface area contributed by atoms with Gasteiger partial charge in [-0.1, -0.05) is 12.1 Å². The molecule has 5 heteroatoms. The molecule has 0 bridgehead atoms. The summed E-state index contributed by atoms with van der Waals surface area (Å²) in [6, 6.07) is 9.68. The molecular formula is C16H17NO4. The van der Waals surface area contributed by atoms with Crippen LogP contribution in [0.4, 0.5) is 0 Å². The lowest BCUT2D eigenvalue weighted by Crippen LogP contribution is -2.08. The van der Waals surface area contributed by atoms with Gasteiger partial charge in [0, 0.05) is 24.9 Å². The molecule has 0 amide bonds. The van der Waals surface area contributed by atoms with Gasteiger partial charge < -0.3 is 25.7 Å². The Labute approximate surface area is 122 Å². The second-order valence-corrected chi connectivity index (χ2v) is 5.37. The monoisotopic (exact) mass is 287 g/mol. The van der Waals surface area contributed by atoms with Crippen LogP contribution in [0.1, 0.15) is 23.0 Å². The summed E-state index contributed by atoms with van der Waals surface area (Å²) in [5.41, 5.74) is 1.85. The van der Waals surface area contributed by atoms with Gasteiger partial charge in [-0.3, -0.25) is 0 Å². The predicted molar refractivity (Wildman–Crippen MR) is 77.9 cm³/mol. The van der Waals surface area contributed by atoms with Crippen molar-refractivity contribution in [3.63, 3.8) is 0 Å². The third-order valence-electron chi connectivity index (χ3n) is 4.07. The maximum atomic E-state index is 9.65. The van der Waals surface area contributed by atoms with E-state index in [-0.39, 0.29) is 34.8 Å². The Hall–Kier alpha value is -2.40.